The minimum Gasteiger partial charge on any atom is -0.351 e. The van der Waals surface area contributed by atoms with Crippen LogP contribution in [0.3, 0.4) is 0 Å². The summed E-state index contributed by atoms with van der Waals surface area (Å²) in [4.78, 5) is 12.4. The maximum Gasteiger partial charge on any atom is 0.236 e. The van der Waals surface area contributed by atoms with E-state index < -0.39 is 0 Å². The van der Waals surface area contributed by atoms with Crippen molar-refractivity contribution in [1.29, 1.82) is 0 Å². The molecule has 1 saturated carbocycles. The molecule has 4 heteroatoms. The highest BCUT2D eigenvalue weighted by atomic mass is 32.2. The Kier molecular flexibility index (Phi) is 4.96. The van der Waals surface area contributed by atoms with Crippen LogP contribution in [0.5, 0.6) is 0 Å². The molecule has 2 atom stereocenters. The lowest BCUT2D eigenvalue weighted by Gasteiger charge is -2.32. The molecule has 2 rings (SSSR count). The molecule has 0 radical (unpaired) electrons. The number of amides is 1. The van der Waals surface area contributed by atoms with Gasteiger partial charge < -0.3 is 11.1 Å². The van der Waals surface area contributed by atoms with Gasteiger partial charge in [0.2, 0.25) is 5.91 Å². The molecule has 1 saturated heterocycles. The van der Waals surface area contributed by atoms with Gasteiger partial charge in [0.1, 0.15) is 0 Å². The Bertz CT molecular complexity index is 284. The summed E-state index contributed by atoms with van der Waals surface area (Å²) < 4.78 is -0.206. The Balaban J connectivity index is 1.90. The second kappa shape index (κ2) is 6.29. The maximum atomic E-state index is 12.4. The number of rotatable bonds is 4. The third-order valence-corrected chi connectivity index (χ3v) is 6.01. The van der Waals surface area contributed by atoms with E-state index in [0.29, 0.717) is 12.5 Å². The normalized spacial score (nSPS) is 31.2. The third kappa shape index (κ3) is 3.21. The zero-order valence-electron chi connectivity index (χ0n) is 11.4. The van der Waals surface area contributed by atoms with Crippen LogP contribution >= 0.6 is 11.8 Å². The molecular weight excluding hydrogens is 244 g/mol. The lowest BCUT2D eigenvalue weighted by molar-refractivity contribution is -0.124. The quantitative estimate of drug-likeness (QED) is 0.824. The van der Waals surface area contributed by atoms with Crippen molar-refractivity contribution in [2.24, 2.45) is 11.7 Å². The fourth-order valence-electron chi connectivity index (χ4n) is 3.18. The first-order valence-corrected chi connectivity index (χ1v) is 8.29. The number of hydrogen-bond donors (Lipinski definition) is 2. The Morgan fingerprint density at radius 1 is 1.39 bits per heavy atom. The molecule has 1 heterocycles. The van der Waals surface area contributed by atoms with Gasteiger partial charge in [0.15, 0.2) is 0 Å². The van der Waals surface area contributed by atoms with E-state index in [1.807, 2.05) is 0 Å². The molecular formula is C14H26N2OS. The Hall–Kier alpha value is -0.220. The smallest absolute Gasteiger partial charge is 0.236 e. The summed E-state index contributed by atoms with van der Waals surface area (Å²) in [6.07, 6.45) is 8.55. The van der Waals surface area contributed by atoms with Crippen LogP contribution in [0.2, 0.25) is 0 Å². The average molecular weight is 270 g/mol. The van der Waals surface area contributed by atoms with Crippen molar-refractivity contribution in [3.63, 3.8) is 0 Å². The number of carbonyl (C=O) groups excluding carboxylic acids is 1. The highest BCUT2D eigenvalue weighted by Gasteiger charge is 2.38. The highest BCUT2D eigenvalue weighted by Crippen LogP contribution is 2.38. The molecule has 1 amide bonds. The van der Waals surface area contributed by atoms with Crippen molar-refractivity contribution in [2.45, 2.75) is 62.7 Å². The summed E-state index contributed by atoms with van der Waals surface area (Å²) in [5.74, 6) is 1.93. The second-order valence-electron chi connectivity index (χ2n) is 5.90. The molecule has 1 aliphatic carbocycles. The number of nitrogens with one attached hydrogen (secondary N) is 1. The number of hydrogen-bond acceptors (Lipinski definition) is 3. The standard InChI is InChI=1S/C14H26N2OS/c1-14(8-5-9-18-14)13(17)16-12(10-15)11-6-3-2-4-7-11/h11-12H,2-10,15H2,1H3,(H,16,17). The molecule has 104 valence electrons. The summed E-state index contributed by atoms with van der Waals surface area (Å²) in [7, 11) is 0. The van der Waals surface area contributed by atoms with Gasteiger partial charge in [0.05, 0.1) is 4.75 Å². The molecule has 0 aromatic rings. The maximum absolute atomic E-state index is 12.4. The van der Waals surface area contributed by atoms with E-state index in [1.165, 1.54) is 32.1 Å². The van der Waals surface area contributed by atoms with Crippen LogP contribution in [0, 0.1) is 5.92 Å². The van der Waals surface area contributed by atoms with Crippen LogP contribution in [0.25, 0.3) is 0 Å². The van der Waals surface area contributed by atoms with E-state index in [-0.39, 0.29) is 16.7 Å². The highest BCUT2D eigenvalue weighted by molar-refractivity contribution is 8.01. The Morgan fingerprint density at radius 2 is 2.11 bits per heavy atom. The van der Waals surface area contributed by atoms with Gasteiger partial charge in [-0.05, 0) is 44.3 Å². The van der Waals surface area contributed by atoms with Gasteiger partial charge >= 0.3 is 0 Å². The molecule has 3 nitrogen and oxygen atoms in total. The van der Waals surface area contributed by atoms with E-state index in [2.05, 4.69) is 12.2 Å². The molecule has 0 aromatic heterocycles. The van der Waals surface area contributed by atoms with Crippen LogP contribution in [0.1, 0.15) is 51.9 Å². The summed E-state index contributed by atoms with van der Waals surface area (Å²) in [6, 6.07) is 0.191. The molecule has 0 aromatic carbocycles. The van der Waals surface area contributed by atoms with Crippen LogP contribution in [-0.2, 0) is 4.79 Å². The van der Waals surface area contributed by atoms with Crippen molar-refractivity contribution in [1.82, 2.24) is 5.32 Å². The molecule has 18 heavy (non-hydrogen) atoms. The van der Waals surface area contributed by atoms with Gasteiger partial charge in [-0.3, -0.25) is 4.79 Å². The second-order valence-corrected chi connectivity index (χ2v) is 7.49. The largest absolute Gasteiger partial charge is 0.351 e. The predicted octanol–water partition coefficient (Wildman–Crippen LogP) is 2.30. The fraction of sp³-hybridized carbons (Fsp3) is 0.929. The van der Waals surface area contributed by atoms with Gasteiger partial charge in [-0.25, -0.2) is 0 Å². The van der Waals surface area contributed by atoms with E-state index >= 15 is 0 Å². The summed E-state index contributed by atoms with van der Waals surface area (Å²) >= 11 is 1.80. The van der Waals surface area contributed by atoms with Crippen LogP contribution in [0.4, 0.5) is 0 Å². The van der Waals surface area contributed by atoms with Crippen molar-refractivity contribution >= 4 is 17.7 Å². The van der Waals surface area contributed by atoms with Gasteiger partial charge in [-0.1, -0.05) is 19.3 Å². The summed E-state index contributed by atoms with van der Waals surface area (Å²) in [5.41, 5.74) is 5.87. The van der Waals surface area contributed by atoms with Crippen LogP contribution < -0.4 is 11.1 Å². The number of thioether (sulfide) groups is 1. The number of nitrogens with two attached hydrogens (primary N) is 1. The minimum atomic E-state index is -0.206. The van der Waals surface area contributed by atoms with Crippen molar-refractivity contribution in [3.05, 3.63) is 0 Å². The van der Waals surface area contributed by atoms with Crippen molar-refractivity contribution in [2.75, 3.05) is 12.3 Å². The number of carbonyl (C=O) groups is 1. The lowest BCUT2D eigenvalue weighted by atomic mass is 9.83. The molecule has 0 bridgehead atoms. The zero-order valence-corrected chi connectivity index (χ0v) is 12.2. The van der Waals surface area contributed by atoms with Crippen molar-refractivity contribution in [3.8, 4) is 0 Å². The molecule has 3 N–H and O–H groups in total. The SMILES string of the molecule is CC1(C(=O)NC(CN)C2CCCCC2)CCCS1. The van der Waals surface area contributed by atoms with Gasteiger partial charge in [0.25, 0.3) is 0 Å². The predicted molar refractivity (Wildman–Crippen MR) is 77.7 cm³/mol. The summed E-state index contributed by atoms with van der Waals surface area (Å²) in [5, 5.41) is 3.23. The van der Waals surface area contributed by atoms with Crippen molar-refractivity contribution < 1.29 is 4.79 Å². The first kappa shape index (κ1) is 14.2. The van der Waals surface area contributed by atoms with Crippen LogP contribution in [-0.4, -0.2) is 29.0 Å². The van der Waals surface area contributed by atoms with Gasteiger partial charge in [-0.2, -0.15) is 0 Å². The average Bonchev–Trinajstić information content (AvgIpc) is 2.85. The Labute approximate surface area is 115 Å². The van der Waals surface area contributed by atoms with E-state index in [9.17, 15) is 4.79 Å². The first-order chi connectivity index (χ1) is 8.65. The summed E-state index contributed by atoms with van der Waals surface area (Å²) in [6.45, 7) is 2.66. The van der Waals surface area contributed by atoms with Gasteiger partial charge in [0, 0.05) is 12.6 Å². The van der Waals surface area contributed by atoms with Crippen LogP contribution in [0.15, 0.2) is 0 Å². The monoisotopic (exact) mass is 270 g/mol. The van der Waals surface area contributed by atoms with E-state index in [4.69, 9.17) is 5.73 Å². The topological polar surface area (TPSA) is 55.1 Å². The fourth-order valence-corrected chi connectivity index (χ4v) is 4.40. The minimum absolute atomic E-state index is 0.191. The van der Waals surface area contributed by atoms with E-state index in [1.54, 1.807) is 11.8 Å². The third-order valence-electron chi connectivity index (χ3n) is 4.49. The zero-order chi connectivity index (χ0) is 13.0. The van der Waals surface area contributed by atoms with Gasteiger partial charge in [-0.15, -0.1) is 11.8 Å². The first-order valence-electron chi connectivity index (χ1n) is 7.31. The lowest BCUT2D eigenvalue weighted by Crippen LogP contribution is -2.51. The van der Waals surface area contributed by atoms with E-state index in [0.717, 1.165) is 18.6 Å². The molecule has 2 fully saturated rings. The Morgan fingerprint density at radius 3 is 2.67 bits per heavy atom. The molecule has 2 unspecified atom stereocenters. The molecule has 0 spiro atoms. The molecule has 2 aliphatic rings. The molecule has 1 aliphatic heterocycles.